The second-order valence-corrected chi connectivity index (χ2v) is 6.71. The molecular formula is C10H14O4S2. The molecule has 0 aromatic heterocycles. The second-order valence-electron chi connectivity index (χ2n) is 3.89. The first-order valence-corrected chi connectivity index (χ1v) is 7.61. The topological polar surface area (TPSA) is 63.6 Å². The lowest BCUT2D eigenvalue weighted by Gasteiger charge is -2.20. The molecule has 2 aliphatic heterocycles. The van der Waals surface area contributed by atoms with Gasteiger partial charge in [-0.2, -0.15) is 8.42 Å². The molecule has 0 aliphatic carbocycles. The van der Waals surface area contributed by atoms with Crippen LogP contribution in [-0.4, -0.2) is 30.3 Å². The molecule has 2 rings (SSSR count). The number of hydrogen-bond acceptors (Lipinski definition) is 4. The first-order valence-electron chi connectivity index (χ1n) is 5.16. The van der Waals surface area contributed by atoms with Gasteiger partial charge in [-0.05, 0) is 30.2 Å². The van der Waals surface area contributed by atoms with Gasteiger partial charge >= 0.3 is 0 Å². The van der Waals surface area contributed by atoms with Crippen LogP contribution in [0, 0.1) is 0 Å². The highest BCUT2D eigenvalue weighted by Crippen LogP contribution is 2.33. The zero-order valence-electron chi connectivity index (χ0n) is 8.70. The summed E-state index contributed by atoms with van der Waals surface area (Å²) < 4.78 is 36.1. The Morgan fingerprint density at radius 2 is 2.38 bits per heavy atom. The van der Waals surface area contributed by atoms with Gasteiger partial charge in [-0.15, -0.1) is 11.8 Å². The zero-order valence-corrected chi connectivity index (χ0v) is 10.3. The first kappa shape index (κ1) is 12.2. The number of ether oxygens (including phenoxy) is 1. The average Bonchev–Trinajstić information content (AvgIpc) is 2.70. The van der Waals surface area contributed by atoms with Crippen LogP contribution >= 0.6 is 11.8 Å². The molecule has 90 valence electrons. The van der Waals surface area contributed by atoms with E-state index >= 15 is 0 Å². The molecule has 2 aliphatic rings. The molecule has 0 aromatic rings. The van der Waals surface area contributed by atoms with Crippen LogP contribution in [0.2, 0.25) is 0 Å². The molecule has 1 saturated heterocycles. The minimum absolute atomic E-state index is 0.0996. The molecule has 0 spiro atoms. The van der Waals surface area contributed by atoms with Crippen molar-refractivity contribution < 1.29 is 17.7 Å². The monoisotopic (exact) mass is 262 g/mol. The maximum Gasteiger partial charge on any atom is 0.281 e. The van der Waals surface area contributed by atoms with E-state index in [4.69, 9.17) is 9.29 Å². The molecule has 2 atom stereocenters. The van der Waals surface area contributed by atoms with Gasteiger partial charge in [0, 0.05) is 6.61 Å². The Balaban J connectivity index is 2.10. The van der Waals surface area contributed by atoms with E-state index in [-0.39, 0.29) is 6.10 Å². The fourth-order valence-electron chi connectivity index (χ4n) is 1.94. The van der Waals surface area contributed by atoms with E-state index in [0.29, 0.717) is 6.42 Å². The highest BCUT2D eigenvalue weighted by Gasteiger charge is 2.30. The van der Waals surface area contributed by atoms with Crippen molar-refractivity contribution in [3.63, 3.8) is 0 Å². The Kier molecular flexibility index (Phi) is 3.73. The van der Waals surface area contributed by atoms with Crippen LogP contribution in [0.3, 0.4) is 0 Å². The van der Waals surface area contributed by atoms with Gasteiger partial charge in [0.1, 0.15) is 0 Å². The van der Waals surface area contributed by atoms with Crippen molar-refractivity contribution in [3.8, 4) is 0 Å². The molecule has 2 heterocycles. The van der Waals surface area contributed by atoms with Crippen molar-refractivity contribution in [1.82, 2.24) is 0 Å². The molecule has 2 unspecified atom stereocenters. The third-order valence-electron chi connectivity index (χ3n) is 2.65. The number of hydrogen-bond donors (Lipinski definition) is 1. The van der Waals surface area contributed by atoms with Crippen LogP contribution in [-0.2, 0) is 14.9 Å². The minimum atomic E-state index is -4.03. The highest BCUT2D eigenvalue weighted by molar-refractivity contribution is 8.13. The maximum absolute atomic E-state index is 11.2. The number of allylic oxidation sites excluding steroid dienone is 2. The quantitative estimate of drug-likeness (QED) is 0.788. The second kappa shape index (κ2) is 4.91. The Morgan fingerprint density at radius 1 is 1.56 bits per heavy atom. The summed E-state index contributed by atoms with van der Waals surface area (Å²) >= 11 is 1.12. The maximum atomic E-state index is 11.2. The molecule has 4 nitrogen and oxygen atoms in total. The largest absolute Gasteiger partial charge is 0.378 e. The van der Waals surface area contributed by atoms with Crippen LogP contribution in [0.5, 0.6) is 0 Å². The van der Waals surface area contributed by atoms with E-state index in [1.807, 2.05) is 0 Å². The number of thioether (sulfide) groups is 1. The summed E-state index contributed by atoms with van der Waals surface area (Å²) in [5.74, 6) is 0. The normalized spacial score (nSPS) is 30.4. The first-order chi connectivity index (χ1) is 7.57. The molecule has 0 amide bonds. The predicted octanol–water partition coefficient (Wildman–Crippen LogP) is 1.96. The van der Waals surface area contributed by atoms with E-state index in [1.54, 1.807) is 17.6 Å². The molecule has 0 saturated carbocycles. The van der Waals surface area contributed by atoms with E-state index in [2.05, 4.69) is 0 Å². The summed E-state index contributed by atoms with van der Waals surface area (Å²) in [6.07, 6.45) is 6.23. The van der Waals surface area contributed by atoms with Gasteiger partial charge in [-0.3, -0.25) is 4.55 Å². The van der Waals surface area contributed by atoms with Gasteiger partial charge in [0.25, 0.3) is 10.1 Å². The Bertz CT molecular complexity index is 405. The number of rotatable bonds is 3. The van der Waals surface area contributed by atoms with E-state index in [0.717, 1.165) is 36.8 Å². The average molecular weight is 262 g/mol. The molecule has 16 heavy (non-hydrogen) atoms. The van der Waals surface area contributed by atoms with Crippen LogP contribution < -0.4 is 0 Å². The lowest BCUT2D eigenvalue weighted by Crippen LogP contribution is -2.22. The molecule has 1 fully saturated rings. The fraction of sp³-hybridized carbons (Fsp3) is 0.600. The van der Waals surface area contributed by atoms with Crippen molar-refractivity contribution >= 4 is 21.9 Å². The van der Waals surface area contributed by atoms with Gasteiger partial charge in [-0.25, -0.2) is 0 Å². The molecule has 0 aromatic carbocycles. The van der Waals surface area contributed by atoms with Crippen molar-refractivity contribution in [2.75, 3.05) is 6.61 Å². The molecule has 1 N–H and O–H groups in total. The zero-order chi connectivity index (χ0) is 11.6. The van der Waals surface area contributed by atoms with Gasteiger partial charge in [0.15, 0.2) is 4.58 Å². The summed E-state index contributed by atoms with van der Waals surface area (Å²) in [6, 6.07) is 0. The van der Waals surface area contributed by atoms with Crippen molar-refractivity contribution in [1.29, 1.82) is 0 Å². The van der Waals surface area contributed by atoms with Crippen LogP contribution in [0.4, 0.5) is 0 Å². The van der Waals surface area contributed by atoms with E-state index < -0.39 is 14.7 Å². The molecular weight excluding hydrogens is 248 g/mol. The van der Waals surface area contributed by atoms with Crippen molar-refractivity contribution in [2.24, 2.45) is 0 Å². The SMILES string of the molecule is O=S(=O)(O)C1SC=CC=C1CC1CCCO1. The predicted molar refractivity (Wildman–Crippen MR) is 63.7 cm³/mol. The molecule has 6 heteroatoms. The van der Waals surface area contributed by atoms with E-state index in [1.165, 1.54) is 0 Å². The lowest BCUT2D eigenvalue weighted by molar-refractivity contribution is 0.111. The van der Waals surface area contributed by atoms with Crippen LogP contribution in [0.15, 0.2) is 23.1 Å². The summed E-state index contributed by atoms with van der Waals surface area (Å²) in [6.45, 7) is 0.747. The summed E-state index contributed by atoms with van der Waals surface area (Å²) in [5, 5.41) is 1.68. The Labute approximate surface area is 99.5 Å². The Morgan fingerprint density at radius 3 is 3.00 bits per heavy atom. The van der Waals surface area contributed by atoms with Gasteiger partial charge in [0.05, 0.1) is 6.10 Å². The van der Waals surface area contributed by atoms with Gasteiger partial charge in [0.2, 0.25) is 0 Å². The molecule has 0 radical (unpaired) electrons. The van der Waals surface area contributed by atoms with Gasteiger partial charge in [-0.1, -0.05) is 12.2 Å². The summed E-state index contributed by atoms with van der Waals surface area (Å²) in [4.78, 5) is 0. The lowest BCUT2D eigenvalue weighted by atomic mass is 10.1. The highest BCUT2D eigenvalue weighted by atomic mass is 32.3. The van der Waals surface area contributed by atoms with Crippen molar-refractivity contribution in [3.05, 3.63) is 23.1 Å². The van der Waals surface area contributed by atoms with Crippen LogP contribution in [0.1, 0.15) is 19.3 Å². The van der Waals surface area contributed by atoms with Gasteiger partial charge < -0.3 is 4.74 Å². The van der Waals surface area contributed by atoms with E-state index in [9.17, 15) is 8.42 Å². The standard InChI is InChI=1S/C10H14O4S2/c11-16(12,13)10-8(3-2-6-15-10)7-9-4-1-5-14-9/h2-3,6,9-10H,1,4-5,7H2,(H,11,12,13). The smallest absolute Gasteiger partial charge is 0.281 e. The Hall–Kier alpha value is -0.300. The summed E-state index contributed by atoms with van der Waals surface area (Å²) in [7, 11) is -4.03. The third kappa shape index (κ3) is 2.88. The fourth-order valence-corrected chi connectivity index (χ4v) is 3.91. The summed E-state index contributed by atoms with van der Waals surface area (Å²) in [5.41, 5.74) is 0.724. The minimum Gasteiger partial charge on any atom is -0.378 e. The van der Waals surface area contributed by atoms with Crippen LogP contribution in [0.25, 0.3) is 0 Å². The van der Waals surface area contributed by atoms with Crippen molar-refractivity contribution in [2.45, 2.75) is 29.9 Å². The molecule has 0 bridgehead atoms. The third-order valence-corrected chi connectivity index (χ3v) is 5.42.